The van der Waals surface area contributed by atoms with Crippen LogP contribution in [0, 0.1) is 13.8 Å². The number of benzene rings is 2. The van der Waals surface area contributed by atoms with Crippen molar-refractivity contribution in [3.8, 4) is 17.1 Å². The van der Waals surface area contributed by atoms with Crippen LogP contribution in [0.5, 0.6) is 0 Å². The molecule has 0 fully saturated rings. The molecule has 1 aromatic heterocycles. The van der Waals surface area contributed by atoms with Gasteiger partial charge in [0.15, 0.2) is 5.82 Å². The largest absolute Gasteiger partial charge is 0.348 e. The summed E-state index contributed by atoms with van der Waals surface area (Å²) in [5.41, 5.74) is 3.57. The number of para-hydroxylation sites is 1. The molecule has 3 aromatic rings. The van der Waals surface area contributed by atoms with Crippen molar-refractivity contribution < 1.29 is 0 Å². The van der Waals surface area contributed by atoms with E-state index in [-0.39, 0.29) is 5.69 Å². The van der Waals surface area contributed by atoms with Gasteiger partial charge in [-0.3, -0.25) is 4.98 Å². The van der Waals surface area contributed by atoms with E-state index in [1.807, 2.05) is 62.4 Å². The lowest BCUT2D eigenvalue weighted by Crippen LogP contribution is -2.18. The van der Waals surface area contributed by atoms with Gasteiger partial charge in [0, 0.05) is 5.56 Å². The normalized spacial score (nSPS) is 10.7. The molecule has 4 heteroatoms. The topological polar surface area (TPSA) is 50.7 Å². The first kappa shape index (κ1) is 12.4. The van der Waals surface area contributed by atoms with Gasteiger partial charge in [0.1, 0.15) is 0 Å². The molecule has 1 N–H and O–H groups in total. The van der Waals surface area contributed by atoms with Gasteiger partial charge in [-0.25, -0.2) is 4.79 Å². The second-order valence-electron chi connectivity index (χ2n) is 4.80. The molecule has 1 heterocycles. The molecular weight excluding hydrogens is 250 g/mol. The first-order valence-corrected chi connectivity index (χ1v) is 6.48. The van der Waals surface area contributed by atoms with Crippen LogP contribution in [0.15, 0.2) is 53.3 Å². The highest BCUT2D eigenvalue weighted by Crippen LogP contribution is 2.18. The Morgan fingerprint density at radius 2 is 1.60 bits per heavy atom. The second kappa shape index (κ2) is 4.81. The van der Waals surface area contributed by atoms with Gasteiger partial charge < -0.3 is 0 Å². The monoisotopic (exact) mass is 265 g/mol. The highest BCUT2D eigenvalue weighted by molar-refractivity contribution is 5.55. The molecule has 0 aliphatic rings. The minimum Gasteiger partial charge on any atom is -0.288 e. The maximum Gasteiger partial charge on any atom is 0.348 e. The number of aromatic nitrogens is 3. The summed E-state index contributed by atoms with van der Waals surface area (Å²) in [5, 5.41) is 4.42. The maximum atomic E-state index is 12.2. The smallest absolute Gasteiger partial charge is 0.288 e. The molecule has 0 amide bonds. The molecule has 0 unspecified atom stereocenters. The van der Waals surface area contributed by atoms with Crippen molar-refractivity contribution in [1.29, 1.82) is 0 Å². The summed E-state index contributed by atoms with van der Waals surface area (Å²) in [5.74, 6) is 0.582. The molecule has 3 rings (SSSR count). The van der Waals surface area contributed by atoms with Gasteiger partial charge in [0.2, 0.25) is 0 Å². The maximum absolute atomic E-state index is 12.2. The van der Waals surface area contributed by atoms with Crippen LogP contribution in [0.25, 0.3) is 17.1 Å². The fourth-order valence-electron chi connectivity index (χ4n) is 2.34. The van der Waals surface area contributed by atoms with Crippen LogP contribution in [-0.4, -0.2) is 14.8 Å². The molecule has 0 atom stereocenters. The van der Waals surface area contributed by atoms with Gasteiger partial charge in [-0.05, 0) is 25.0 Å². The lowest BCUT2D eigenvalue weighted by Gasteiger charge is -2.07. The average Bonchev–Trinajstić information content (AvgIpc) is 2.82. The fourth-order valence-corrected chi connectivity index (χ4v) is 2.34. The van der Waals surface area contributed by atoms with Crippen LogP contribution < -0.4 is 5.69 Å². The number of aryl methyl sites for hydroxylation is 2. The number of hydrogen-bond acceptors (Lipinski definition) is 2. The van der Waals surface area contributed by atoms with Gasteiger partial charge in [-0.15, -0.1) is 5.10 Å². The van der Waals surface area contributed by atoms with Crippen molar-refractivity contribution in [2.24, 2.45) is 0 Å². The van der Waals surface area contributed by atoms with Crippen molar-refractivity contribution in [3.63, 3.8) is 0 Å². The van der Waals surface area contributed by atoms with E-state index in [9.17, 15) is 4.79 Å². The van der Waals surface area contributed by atoms with Gasteiger partial charge in [0.25, 0.3) is 0 Å². The first-order valence-electron chi connectivity index (χ1n) is 6.48. The van der Waals surface area contributed by atoms with Gasteiger partial charge in [-0.1, -0.05) is 48.5 Å². The Hall–Kier alpha value is -2.62. The standard InChI is InChI=1S/C16H15N3O/c1-11-7-6-8-12(2)14(11)19-16(20)17-15(18-19)13-9-4-3-5-10-13/h3-10H,1-2H3,(H,17,18,20). The molecule has 0 saturated carbocycles. The molecule has 0 radical (unpaired) electrons. The quantitative estimate of drug-likeness (QED) is 0.774. The van der Waals surface area contributed by atoms with Gasteiger partial charge >= 0.3 is 5.69 Å². The number of hydrogen-bond donors (Lipinski definition) is 1. The van der Waals surface area contributed by atoms with E-state index < -0.39 is 0 Å². The van der Waals surface area contributed by atoms with Crippen LogP contribution in [0.3, 0.4) is 0 Å². The molecule has 2 aromatic carbocycles. The van der Waals surface area contributed by atoms with Crippen LogP contribution in [-0.2, 0) is 0 Å². The van der Waals surface area contributed by atoms with Crippen molar-refractivity contribution in [1.82, 2.24) is 14.8 Å². The van der Waals surface area contributed by atoms with Crippen molar-refractivity contribution in [2.75, 3.05) is 0 Å². The summed E-state index contributed by atoms with van der Waals surface area (Å²) >= 11 is 0. The Morgan fingerprint density at radius 3 is 2.25 bits per heavy atom. The predicted molar refractivity (Wildman–Crippen MR) is 79.1 cm³/mol. The molecule has 20 heavy (non-hydrogen) atoms. The molecule has 0 aliphatic heterocycles. The van der Waals surface area contributed by atoms with Crippen molar-refractivity contribution >= 4 is 0 Å². The summed E-state index contributed by atoms with van der Waals surface area (Å²) in [7, 11) is 0. The van der Waals surface area contributed by atoms with Crippen LogP contribution in [0.4, 0.5) is 0 Å². The molecule has 0 spiro atoms. The summed E-state index contributed by atoms with van der Waals surface area (Å²) < 4.78 is 1.44. The number of aromatic amines is 1. The fraction of sp³-hybridized carbons (Fsp3) is 0.125. The van der Waals surface area contributed by atoms with E-state index in [0.717, 1.165) is 22.4 Å². The molecular formula is C16H15N3O. The van der Waals surface area contributed by atoms with Crippen LogP contribution >= 0.6 is 0 Å². The summed E-state index contributed by atoms with van der Waals surface area (Å²) in [6, 6.07) is 15.6. The first-order chi connectivity index (χ1) is 9.66. The molecule has 100 valence electrons. The Labute approximate surface area is 116 Å². The summed E-state index contributed by atoms with van der Waals surface area (Å²) in [6.45, 7) is 3.96. The predicted octanol–water partition coefficient (Wildman–Crippen LogP) is 2.84. The summed E-state index contributed by atoms with van der Waals surface area (Å²) in [6.07, 6.45) is 0. The zero-order valence-corrected chi connectivity index (χ0v) is 11.4. The summed E-state index contributed by atoms with van der Waals surface area (Å²) in [4.78, 5) is 15.0. The van der Waals surface area contributed by atoms with Crippen molar-refractivity contribution in [3.05, 3.63) is 70.1 Å². The van der Waals surface area contributed by atoms with Gasteiger partial charge in [0.05, 0.1) is 5.69 Å². The van der Waals surface area contributed by atoms with Gasteiger partial charge in [-0.2, -0.15) is 4.68 Å². The Bertz CT molecular complexity index is 780. The average molecular weight is 265 g/mol. The third-order valence-electron chi connectivity index (χ3n) is 3.32. The zero-order valence-electron chi connectivity index (χ0n) is 11.4. The third kappa shape index (κ3) is 2.05. The Morgan fingerprint density at radius 1 is 0.950 bits per heavy atom. The lowest BCUT2D eigenvalue weighted by molar-refractivity contribution is 0.831. The van der Waals surface area contributed by atoms with Crippen molar-refractivity contribution in [2.45, 2.75) is 13.8 Å². The zero-order chi connectivity index (χ0) is 14.1. The Balaban J connectivity index is 2.18. The highest BCUT2D eigenvalue weighted by atomic mass is 16.1. The van der Waals surface area contributed by atoms with E-state index >= 15 is 0 Å². The number of nitrogens with one attached hydrogen (secondary N) is 1. The number of H-pyrrole nitrogens is 1. The second-order valence-corrected chi connectivity index (χ2v) is 4.80. The molecule has 0 bridgehead atoms. The molecule has 0 aliphatic carbocycles. The van der Waals surface area contributed by atoms with E-state index in [1.54, 1.807) is 0 Å². The van der Waals surface area contributed by atoms with E-state index in [1.165, 1.54) is 4.68 Å². The number of rotatable bonds is 2. The Kier molecular flexibility index (Phi) is 2.99. The minimum atomic E-state index is -0.221. The molecule has 0 saturated heterocycles. The number of nitrogens with zero attached hydrogens (tertiary/aromatic N) is 2. The third-order valence-corrected chi connectivity index (χ3v) is 3.32. The lowest BCUT2D eigenvalue weighted by atomic mass is 10.1. The van der Waals surface area contributed by atoms with E-state index in [2.05, 4.69) is 10.1 Å². The molecule has 4 nitrogen and oxygen atoms in total. The SMILES string of the molecule is Cc1cccc(C)c1-n1nc(-c2ccccc2)[nH]c1=O. The van der Waals surface area contributed by atoms with E-state index in [4.69, 9.17) is 0 Å². The minimum absolute atomic E-state index is 0.221. The van der Waals surface area contributed by atoms with E-state index in [0.29, 0.717) is 5.82 Å². The van der Waals surface area contributed by atoms with Crippen LogP contribution in [0.2, 0.25) is 0 Å². The highest BCUT2D eigenvalue weighted by Gasteiger charge is 2.12. The van der Waals surface area contributed by atoms with Crippen LogP contribution in [0.1, 0.15) is 11.1 Å².